The summed E-state index contributed by atoms with van der Waals surface area (Å²) in [4.78, 5) is 37.7. The van der Waals surface area contributed by atoms with Gasteiger partial charge in [0.2, 0.25) is 0 Å². The van der Waals surface area contributed by atoms with E-state index < -0.39 is 23.9 Å². The third kappa shape index (κ3) is 31.5. The molecule has 9 heteroatoms. The van der Waals surface area contributed by atoms with Crippen LogP contribution in [0, 0.1) is 0 Å². The van der Waals surface area contributed by atoms with Crippen LogP contribution in [0.4, 0.5) is 0 Å². The minimum absolute atomic E-state index is 0. The molecule has 0 unspecified atom stereocenters. The first-order valence-corrected chi connectivity index (χ1v) is 3.45. The molecule has 0 rings (SSSR count). The van der Waals surface area contributed by atoms with Crippen LogP contribution in [-0.4, -0.2) is 23.9 Å². The van der Waals surface area contributed by atoms with Crippen molar-refractivity contribution in [2.75, 3.05) is 0 Å². The quantitative estimate of drug-likeness (QED) is 0.408. The second-order valence-electron chi connectivity index (χ2n) is 1.94. The van der Waals surface area contributed by atoms with Crippen molar-refractivity contribution < 1.29 is 59.4 Å². The summed E-state index contributed by atoms with van der Waals surface area (Å²) in [5, 5.41) is 37.7. The number of rotatable bonds is 4. The second kappa shape index (κ2) is 12.1. The molecule has 0 saturated heterocycles. The van der Waals surface area contributed by atoms with E-state index in [-0.39, 0.29) is 19.8 Å². The number of carbonyl (C=O) groups excluding carboxylic acids is 4. The van der Waals surface area contributed by atoms with Crippen molar-refractivity contribution in [1.29, 1.82) is 0 Å². The van der Waals surface area contributed by atoms with E-state index in [9.17, 15) is 39.6 Å². The summed E-state index contributed by atoms with van der Waals surface area (Å²) in [5.74, 6) is -6.19. The Morgan fingerprint density at radius 3 is 0.706 bits per heavy atom. The molecule has 0 aliphatic heterocycles. The third-order valence-corrected chi connectivity index (χ3v) is 0.711. The molecule has 0 N–H and O–H groups in total. The van der Waals surface area contributed by atoms with E-state index in [4.69, 9.17) is 0 Å². The predicted octanol–water partition coefficient (Wildman–Crippen LogP) is -5.92. The van der Waals surface area contributed by atoms with Crippen LogP contribution in [0.25, 0.3) is 0 Å². The zero-order valence-corrected chi connectivity index (χ0v) is 10.5. The molecule has 0 radical (unpaired) electrons. The van der Waals surface area contributed by atoms with E-state index >= 15 is 0 Å². The fraction of sp³-hybridized carbons (Fsp3) is 0. The van der Waals surface area contributed by atoms with E-state index in [0.717, 1.165) is 0 Å². The van der Waals surface area contributed by atoms with Gasteiger partial charge in [0.1, 0.15) is 0 Å². The van der Waals surface area contributed by atoms with Crippen LogP contribution in [0.15, 0.2) is 24.3 Å². The Kier molecular flexibility index (Phi) is 14.5. The molecule has 0 spiro atoms. The number of hydrogen-bond acceptors (Lipinski definition) is 8. The molecular formula is C8H4O8Os. The molecule has 0 aromatic carbocycles. The standard InChI is InChI=1S/2C4H4O4.Os/c2*5-3(6)1-2-4(7)8;/h2*1-2H,(H,5,6)(H,7,8);/q;;+4/p-4. The topological polar surface area (TPSA) is 161 Å². The molecule has 0 fully saturated rings. The number of carboxylic acid groups (broad SMARTS) is 4. The summed E-state index contributed by atoms with van der Waals surface area (Å²) < 4.78 is 0. The Morgan fingerprint density at radius 1 is 0.529 bits per heavy atom. The van der Waals surface area contributed by atoms with Gasteiger partial charge >= 0.3 is 19.8 Å². The molecule has 17 heavy (non-hydrogen) atoms. The first-order chi connectivity index (χ1) is 7.25. The van der Waals surface area contributed by atoms with Gasteiger partial charge in [-0.25, -0.2) is 0 Å². The van der Waals surface area contributed by atoms with E-state index in [0.29, 0.717) is 24.3 Å². The van der Waals surface area contributed by atoms with Gasteiger partial charge in [-0.05, 0) is 24.3 Å². The summed E-state index contributed by atoms with van der Waals surface area (Å²) in [7, 11) is 0. The molecule has 0 aromatic rings. The van der Waals surface area contributed by atoms with E-state index in [1.54, 1.807) is 0 Å². The van der Waals surface area contributed by atoms with Gasteiger partial charge in [-0.15, -0.1) is 0 Å². The Hall–Kier alpha value is -2.00. The van der Waals surface area contributed by atoms with Crippen molar-refractivity contribution >= 4 is 23.9 Å². The average Bonchev–Trinajstić information content (AvgIpc) is 2.12. The van der Waals surface area contributed by atoms with Gasteiger partial charge in [-0.1, -0.05) is 0 Å². The minimum atomic E-state index is -1.55. The average molecular weight is 418 g/mol. The van der Waals surface area contributed by atoms with Crippen LogP contribution in [-0.2, 0) is 39.0 Å². The predicted molar refractivity (Wildman–Crippen MR) is 38.3 cm³/mol. The largest absolute Gasteiger partial charge is 4.00 e. The maximum Gasteiger partial charge on any atom is 4.00 e. The van der Waals surface area contributed by atoms with Crippen LogP contribution in [0.2, 0.25) is 0 Å². The van der Waals surface area contributed by atoms with Crippen LogP contribution < -0.4 is 20.4 Å². The maximum absolute atomic E-state index is 9.41. The van der Waals surface area contributed by atoms with Crippen LogP contribution in [0.5, 0.6) is 0 Å². The van der Waals surface area contributed by atoms with E-state index in [1.165, 1.54) is 0 Å². The van der Waals surface area contributed by atoms with Crippen molar-refractivity contribution in [3.8, 4) is 0 Å². The van der Waals surface area contributed by atoms with Gasteiger partial charge in [0.25, 0.3) is 0 Å². The zero-order valence-electron chi connectivity index (χ0n) is 7.93. The summed E-state index contributed by atoms with van der Waals surface area (Å²) in [5.41, 5.74) is 0. The van der Waals surface area contributed by atoms with E-state index in [1.807, 2.05) is 0 Å². The fourth-order valence-electron chi connectivity index (χ4n) is 0.272. The van der Waals surface area contributed by atoms with Crippen molar-refractivity contribution in [3.05, 3.63) is 24.3 Å². The fourth-order valence-corrected chi connectivity index (χ4v) is 0.272. The van der Waals surface area contributed by atoms with Crippen molar-refractivity contribution in [3.63, 3.8) is 0 Å². The van der Waals surface area contributed by atoms with Gasteiger partial charge in [0.15, 0.2) is 0 Å². The summed E-state index contributed by atoms with van der Waals surface area (Å²) in [6, 6.07) is 0. The minimum Gasteiger partial charge on any atom is -0.545 e. The second-order valence-corrected chi connectivity index (χ2v) is 1.94. The van der Waals surface area contributed by atoms with Gasteiger partial charge in [0.05, 0.1) is 23.9 Å². The molecule has 0 atom stereocenters. The molecule has 0 bridgehead atoms. The molecule has 0 aromatic heterocycles. The molecule has 0 aliphatic carbocycles. The van der Waals surface area contributed by atoms with Crippen molar-refractivity contribution in [1.82, 2.24) is 0 Å². The van der Waals surface area contributed by atoms with Crippen molar-refractivity contribution in [2.45, 2.75) is 0 Å². The number of carboxylic acids is 4. The number of carbonyl (C=O) groups is 4. The molecule has 0 aliphatic rings. The first kappa shape index (κ1) is 20.4. The Morgan fingerprint density at radius 2 is 0.647 bits per heavy atom. The van der Waals surface area contributed by atoms with Crippen LogP contribution >= 0.6 is 0 Å². The third-order valence-electron chi connectivity index (χ3n) is 0.711. The first-order valence-electron chi connectivity index (χ1n) is 3.45. The number of hydrogen-bond donors (Lipinski definition) is 0. The van der Waals surface area contributed by atoms with E-state index in [2.05, 4.69) is 0 Å². The normalized spacial score (nSPS) is 8.94. The summed E-state index contributed by atoms with van der Waals surface area (Å²) >= 11 is 0. The Balaban J connectivity index is -0.000000218. The molecule has 92 valence electrons. The Labute approximate surface area is 108 Å². The van der Waals surface area contributed by atoms with Gasteiger partial charge in [0, 0.05) is 0 Å². The maximum atomic E-state index is 9.41. The van der Waals surface area contributed by atoms with Gasteiger partial charge in [-0.2, -0.15) is 0 Å². The molecule has 0 heterocycles. The molecule has 0 amide bonds. The smallest absolute Gasteiger partial charge is 0.545 e. The number of aliphatic carboxylic acids is 4. The Bertz CT molecular complexity index is 277. The summed E-state index contributed by atoms with van der Waals surface area (Å²) in [6.07, 6.45) is 1.54. The molecular weight excluding hydrogens is 414 g/mol. The summed E-state index contributed by atoms with van der Waals surface area (Å²) in [6.45, 7) is 0. The van der Waals surface area contributed by atoms with Gasteiger partial charge < -0.3 is 39.6 Å². The monoisotopic (exact) mass is 420 g/mol. The van der Waals surface area contributed by atoms with Gasteiger partial charge in [-0.3, -0.25) is 0 Å². The van der Waals surface area contributed by atoms with Crippen LogP contribution in [0.1, 0.15) is 0 Å². The molecule has 0 saturated carbocycles. The zero-order chi connectivity index (χ0) is 13.1. The van der Waals surface area contributed by atoms with Crippen LogP contribution in [0.3, 0.4) is 0 Å². The molecule has 8 nitrogen and oxygen atoms in total. The SMILES string of the molecule is O=C([O-])C=CC(=O)[O-].O=C([O-])C=CC(=O)[O-].[Os+4]. The van der Waals surface area contributed by atoms with Crippen molar-refractivity contribution in [2.24, 2.45) is 0 Å².